The van der Waals surface area contributed by atoms with Crippen molar-refractivity contribution in [1.82, 2.24) is 4.31 Å². The van der Waals surface area contributed by atoms with Gasteiger partial charge in [0.2, 0.25) is 16.1 Å². The Kier molecular flexibility index (Phi) is 9.77. The van der Waals surface area contributed by atoms with Crippen molar-refractivity contribution in [1.29, 1.82) is 0 Å². The van der Waals surface area contributed by atoms with Gasteiger partial charge in [0.25, 0.3) is 5.91 Å². The lowest BCUT2D eigenvalue weighted by molar-refractivity contribution is -0.125. The summed E-state index contributed by atoms with van der Waals surface area (Å²) in [5.74, 6) is -1.30. The van der Waals surface area contributed by atoms with E-state index in [1.165, 1.54) is 29.6 Å². The molecule has 1 aliphatic heterocycles. The molecule has 0 bridgehead atoms. The standard InChI is InChI=1S/C34H34ClN3O6S/c1-23-12-13-24(2)29(20-23)36-33(39)32(25-8-5-4-6-9-25)44-34(40)26-14-15-30(43-3)31(21-26)45(41,42)38-18-16-37(17-19-38)28-11-7-10-27(35)22-28/h4-15,20-22,32H,16-19H2,1-3H3,(H,36,39)/t32-/m0/s1. The number of carbonyl (C=O) groups excluding carboxylic acids is 2. The van der Waals surface area contributed by atoms with E-state index in [0.29, 0.717) is 29.4 Å². The maximum atomic E-state index is 13.8. The van der Waals surface area contributed by atoms with Gasteiger partial charge in [0.15, 0.2) is 0 Å². The van der Waals surface area contributed by atoms with Crippen molar-refractivity contribution >= 4 is 44.9 Å². The van der Waals surface area contributed by atoms with Gasteiger partial charge in [-0.25, -0.2) is 13.2 Å². The highest BCUT2D eigenvalue weighted by molar-refractivity contribution is 7.89. The first kappa shape index (κ1) is 32.0. The highest BCUT2D eigenvalue weighted by atomic mass is 35.5. The number of hydrogen-bond acceptors (Lipinski definition) is 7. The number of anilines is 2. The van der Waals surface area contributed by atoms with Gasteiger partial charge >= 0.3 is 5.97 Å². The van der Waals surface area contributed by atoms with Crippen molar-refractivity contribution in [2.75, 3.05) is 43.5 Å². The molecule has 234 valence electrons. The molecule has 1 fully saturated rings. The Bertz CT molecular complexity index is 1810. The monoisotopic (exact) mass is 647 g/mol. The molecule has 1 amide bonds. The number of halogens is 1. The molecule has 1 aliphatic rings. The minimum absolute atomic E-state index is 0.0348. The lowest BCUT2D eigenvalue weighted by atomic mass is 10.1. The van der Waals surface area contributed by atoms with Crippen LogP contribution in [0.1, 0.15) is 33.2 Å². The zero-order valence-corrected chi connectivity index (χ0v) is 26.8. The van der Waals surface area contributed by atoms with Crippen LogP contribution in [0.5, 0.6) is 5.75 Å². The first-order chi connectivity index (χ1) is 21.6. The average Bonchev–Trinajstić information content (AvgIpc) is 3.05. The number of aryl methyl sites for hydroxylation is 2. The van der Waals surface area contributed by atoms with Crippen LogP contribution in [-0.4, -0.2) is 57.9 Å². The van der Waals surface area contributed by atoms with E-state index in [0.717, 1.165) is 16.8 Å². The van der Waals surface area contributed by atoms with E-state index in [-0.39, 0.29) is 29.3 Å². The Hall–Kier alpha value is -4.38. The Labute approximate surface area is 268 Å². The minimum atomic E-state index is -4.05. The summed E-state index contributed by atoms with van der Waals surface area (Å²) in [6.07, 6.45) is -1.29. The lowest BCUT2D eigenvalue weighted by Crippen LogP contribution is -2.48. The van der Waals surface area contributed by atoms with Crippen LogP contribution in [0.3, 0.4) is 0 Å². The van der Waals surface area contributed by atoms with Crippen LogP contribution in [0, 0.1) is 13.8 Å². The Balaban J connectivity index is 1.38. The van der Waals surface area contributed by atoms with Gasteiger partial charge < -0.3 is 19.7 Å². The largest absolute Gasteiger partial charge is 0.495 e. The van der Waals surface area contributed by atoms with Crippen molar-refractivity contribution in [2.24, 2.45) is 0 Å². The van der Waals surface area contributed by atoms with Gasteiger partial charge in [-0.3, -0.25) is 4.79 Å². The summed E-state index contributed by atoms with van der Waals surface area (Å²) in [5.41, 5.74) is 3.76. The number of hydrogen-bond donors (Lipinski definition) is 1. The number of carbonyl (C=O) groups is 2. The number of nitrogens with zero attached hydrogens (tertiary/aromatic N) is 2. The van der Waals surface area contributed by atoms with Gasteiger partial charge in [-0.05, 0) is 67.4 Å². The summed E-state index contributed by atoms with van der Waals surface area (Å²) in [7, 11) is -2.69. The van der Waals surface area contributed by atoms with Crippen LogP contribution >= 0.6 is 11.6 Å². The van der Waals surface area contributed by atoms with Gasteiger partial charge in [-0.1, -0.05) is 60.1 Å². The highest BCUT2D eigenvalue weighted by Crippen LogP contribution is 2.31. The minimum Gasteiger partial charge on any atom is -0.495 e. The maximum absolute atomic E-state index is 13.8. The molecule has 1 saturated heterocycles. The van der Waals surface area contributed by atoms with E-state index in [1.54, 1.807) is 36.4 Å². The molecule has 4 aromatic carbocycles. The summed E-state index contributed by atoms with van der Waals surface area (Å²) in [4.78, 5) is 28.9. The van der Waals surface area contributed by atoms with Gasteiger partial charge in [0, 0.05) is 48.1 Å². The lowest BCUT2D eigenvalue weighted by Gasteiger charge is -2.35. The zero-order chi connectivity index (χ0) is 32.1. The van der Waals surface area contributed by atoms with Crippen LogP contribution in [0.2, 0.25) is 5.02 Å². The van der Waals surface area contributed by atoms with Crippen LogP contribution in [0.15, 0.2) is 95.9 Å². The third-order valence-electron chi connectivity index (χ3n) is 7.65. The first-order valence-electron chi connectivity index (χ1n) is 14.4. The van der Waals surface area contributed by atoms with Crippen LogP contribution in [0.25, 0.3) is 0 Å². The third kappa shape index (κ3) is 7.30. The molecule has 0 radical (unpaired) electrons. The summed E-state index contributed by atoms with van der Waals surface area (Å²) in [6, 6.07) is 25.8. The smallest absolute Gasteiger partial charge is 0.339 e. The number of rotatable bonds is 9. The molecule has 4 aromatic rings. The van der Waals surface area contributed by atoms with Crippen molar-refractivity contribution in [2.45, 2.75) is 24.8 Å². The number of benzene rings is 4. The van der Waals surface area contributed by atoms with Gasteiger partial charge in [0.1, 0.15) is 10.6 Å². The quantitative estimate of drug-likeness (QED) is 0.222. The van der Waals surface area contributed by atoms with E-state index in [4.69, 9.17) is 21.1 Å². The number of nitrogens with one attached hydrogen (secondary N) is 1. The van der Waals surface area contributed by atoms with Crippen LogP contribution in [-0.2, 0) is 19.6 Å². The predicted octanol–water partition coefficient (Wildman–Crippen LogP) is 6.01. The van der Waals surface area contributed by atoms with Crippen molar-refractivity contribution in [3.8, 4) is 5.75 Å². The van der Waals surface area contributed by atoms with Crippen molar-refractivity contribution < 1.29 is 27.5 Å². The fraction of sp³-hybridized carbons (Fsp3) is 0.235. The SMILES string of the molecule is COc1ccc(C(=O)O[C@H](C(=O)Nc2cc(C)ccc2C)c2ccccc2)cc1S(=O)(=O)N1CCN(c2cccc(Cl)c2)CC1. The number of piperazine rings is 1. The summed E-state index contributed by atoms with van der Waals surface area (Å²) in [5, 5.41) is 3.48. The molecule has 1 atom stereocenters. The average molecular weight is 648 g/mol. The molecule has 0 aromatic heterocycles. The number of amides is 1. The normalized spacial score (nSPS) is 14.4. The molecule has 5 rings (SSSR count). The van der Waals surface area contributed by atoms with Crippen LogP contribution < -0.4 is 15.0 Å². The topological polar surface area (TPSA) is 105 Å². The van der Waals surface area contributed by atoms with E-state index in [9.17, 15) is 18.0 Å². The van der Waals surface area contributed by atoms with Gasteiger partial charge in [0.05, 0.1) is 12.7 Å². The second-order valence-corrected chi connectivity index (χ2v) is 13.1. The predicted molar refractivity (Wildman–Crippen MR) is 175 cm³/mol. The Morgan fingerprint density at radius 2 is 1.60 bits per heavy atom. The molecule has 1 N–H and O–H groups in total. The number of ether oxygens (including phenoxy) is 2. The second kappa shape index (κ2) is 13.7. The van der Waals surface area contributed by atoms with Crippen molar-refractivity contribution in [3.05, 3.63) is 118 Å². The summed E-state index contributed by atoms with van der Waals surface area (Å²) in [6.45, 7) is 5.14. The molecular formula is C34H34ClN3O6S. The Morgan fingerprint density at radius 3 is 2.29 bits per heavy atom. The van der Waals surface area contributed by atoms with E-state index >= 15 is 0 Å². The molecule has 0 saturated carbocycles. The van der Waals surface area contributed by atoms with Gasteiger partial charge in [-0.2, -0.15) is 4.31 Å². The Morgan fingerprint density at radius 1 is 0.867 bits per heavy atom. The zero-order valence-electron chi connectivity index (χ0n) is 25.2. The number of methoxy groups -OCH3 is 1. The molecule has 9 nitrogen and oxygen atoms in total. The second-order valence-electron chi connectivity index (χ2n) is 10.7. The molecule has 0 aliphatic carbocycles. The number of sulfonamides is 1. The van der Waals surface area contributed by atoms with E-state index in [2.05, 4.69) is 10.2 Å². The van der Waals surface area contributed by atoms with Gasteiger partial charge in [-0.15, -0.1) is 0 Å². The first-order valence-corrected chi connectivity index (χ1v) is 16.2. The van der Waals surface area contributed by atoms with Crippen LogP contribution in [0.4, 0.5) is 11.4 Å². The maximum Gasteiger partial charge on any atom is 0.339 e. The fourth-order valence-corrected chi connectivity index (χ4v) is 6.94. The van der Waals surface area contributed by atoms with Crippen molar-refractivity contribution in [3.63, 3.8) is 0 Å². The molecule has 45 heavy (non-hydrogen) atoms. The number of esters is 1. The van der Waals surface area contributed by atoms with E-state index in [1.807, 2.05) is 50.2 Å². The molecule has 0 unspecified atom stereocenters. The molecular weight excluding hydrogens is 614 g/mol. The molecule has 11 heteroatoms. The van der Waals surface area contributed by atoms with E-state index < -0.39 is 28.0 Å². The summed E-state index contributed by atoms with van der Waals surface area (Å²) < 4.78 is 40.2. The molecule has 1 heterocycles. The fourth-order valence-electron chi connectivity index (χ4n) is 5.15. The highest BCUT2D eigenvalue weighted by Gasteiger charge is 2.33. The third-order valence-corrected chi connectivity index (χ3v) is 9.80. The summed E-state index contributed by atoms with van der Waals surface area (Å²) >= 11 is 6.14. The molecule has 0 spiro atoms.